The molecule has 1 aliphatic rings. The lowest BCUT2D eigenvalue weighted by molar-refractivity contribution is -0.173. The van der Waals surface area contributed by atoms with Crippen LogP contribution in [0.5, 0.6) is 0 Å². The third-order valence-corrected chi connectivity index (χ3v) is 3.76. The fourth-order valence-electron chi connectivity index (χ4n) is 2.72. The van der Waals surface area contributed by atoms with E-state index < -0.39 is 23.4 Å². The predicted octanol–water partition coefficient (Wildman–Crippen LogP) is 0.527. The average Bonchev–Trinajstić information content (AvgIpc) is 2.55. The van der Waals surface area contributed by atoms with E-state index in [0.29, 0.717) is 26.3 Å². The van der Waals surface area contributed by atoms with E-state index in [1.54, 1.807) is 25.7 Å². The van der Waals surface area contributed by atoms with E-state index in [1.807, 2.05) is 0 Å². The SMILES string of the molecule is CCOC(=O)CC(CC(=O)OCC)(C(=O)OCC)N1CCOCC1. The second-order valence-electron chi connectivity index (χ2n) is 5.32. The Morgan fingerprint density at radius 1 is 0.875 bits per heavy atom. The van der Waals surface area contributed by atoms with E-state index in [0.717, 1.165) is 0 Å². The van der Waals surface area contributed by atoms with Crippen molar-refractivity contribution in [2.24, 2.45) is 0 Å². The Kier molecular flexibility index (Phi) is 8.70. The Morgan fingerprint density at radius 3 is 1.75 bits per heavy atom. The van der Waals surface area contributed by atoms with Gasteiger partial charge in [-0.15, -0.1) is 0 Å². The standard InChI is InChI=1S/C16H27NO7/c1-4-22-13(18)11-16(15(20)24-6-3,12-14(19)23-5-2)17-7-9-21-10-8-17/h4-12H2,1-3H3. The Labute approximate surface area is 142 Å². The summed E-state index contributed by atoms with van der Waals surface area (Å²) in [5, 5.41) is 0. The van der Waals surface area contributed by atoms with Crippen molar-refractivity contribution in [1.29, 1.82) is 0 Å². The van der Waals surface area contributed by atoms with E-state index in [9.17, 15) is 14.4 Å². The Hall–Kier alpha value is -1.67. The van der Waals surface area contributed by atoms with Gasteiger partial charge in [-0.05, 0) is 20.8 Å². The van der Waals surface area contributed by atoms with Crippen LogP contribution in [-0.4, -0.2) is 74.5 Å². The minimum atomic E-state index is -1.43. The van der Waals surface area contributed by atoms with Crippen LogP contribution in [0.15, 0.2) is 0 Å². The van der Waals surface area contributed by atoms with Gasteiger partial charge in [0.25, 0.3) is 0 Å². The summed E-state index contributed by atoms with van der Waals surface area (Å²) in [6, 6.07) is 0. The van der Waals surface area contributed by atoms with Gasteiger partial charge in [-0.25, -0.2) is 0 Å². The highest BCUT2D eigenvalue weighted by Crippen LogP contribution is 2.29. The minimum absolute atomic E-state index is 0.149. The molecule has 0 atom stereocenters. The van der Waals surface area contributed by atoms with Crippen LogP contribution >= 0.6 is 0 Å². The molecule has 0 spiro atoms. The Balaban J connectivity index is 3.14. The topological polar surface area (TPSA) is 91.4 Å². The number of hydrogen-bond acceptors (Lipinski definition) is 8. The van der Waals surface area contributed by atoms with Crippen LogP contribution in [-0.2, 0) is 33.3 Å². The summed E-state index contributed by atoms with van der Waals surface area (Å²) in [6.45, 7) is 7.23. The van der Waals surface area contributed by atoms with E-state index in [4.69, 9.17) is 18.9 Å². The molecule has 0 amide bonds. The minimum Gasteiger partial charge on any atom is -0.466 e. The molecule has 1 aliphatic heterocycles. The Morgan fingerprint density at radius 2 is 1.33 bits per heavy atom. The average molecular weight is 345 g/mol. The van der Waals surface area contributed by atoms with E-state index in [1.165, 1.54) is 0 Å². The molecule has 8 nitrogen and oxygen atoms in total. The zero-order valence-corrected chi connectivity index (χ0v) is 14.7. The van der Waals surface area contributed by atoms with Gasteiger partial charge in [-0.2, -0.15) is 0 Å². The summed E-state index contributed by atoms with van der Waals surface area (Å²) >= 11 is 0. The molecule has 1 saturated heterocycles. The molecule has 0 aliphatic carbocycles. The molecule has 0 bridgehead atoms. The van der Waals surface area contributed by atoms with Gasteiger partial charge < -0.3 is 18.9 Å². The van der Waals surface area contributed by atoms with E-state index in [-0.39, 0.29) is 32.7 Å². The van der Waals surface area contributed by atoms with E-state index >= 15 is 0 Å². The van der Waals surface area contributed by atoms with Crippen molar-refractivity contribution in [3.05, 3.63) is 0 Å². The van der Waals surface area contributed by atoms with Crippen LogP contribution in [0, 0.1) is 0 Å². The highest BCUT2D eigenvalue weighted by Gasteiger charge is 2.50. The maximum atomic E-state index is 12.7. The van der Waals surface area contributed by atoms with Gasteiger partial charge in [0.05, 0.1) is 45.9 Å². The van der Waals surface area contributed by atoms with Crippen molar-refractivity contribution in [2.45, 2.75) is 39.2 Å². The van der Waals surface area contributed by atoms with Crippen molar-refractivity contribution < 1.29 is 33.3 Å². The first-order valence-electron chi connectivity index (χ1n) is 8.31. The quantitative estimate of drug-likeness (QED) is 0.441. The fraction of sp³-hybridized carbons (Fsp3) is 0.812. The lowest BCUT2D eigenvalue weighted by Gasteiger charge is -2.42. The number of carbonyl (C=O) groups excluding carboxylic acids is 3. The molecule has 0 aromatic rings. The molecule has 8 heteroatoms. The molecule has 24 heavy (non-hydrogen) atoms. The third kappa shape index (κ3) is 5.45. The zero-order chi connectivity index (χ0) is 18.0. The fourth-order valence-corrected chi connectivity index (χ4v) is 2.72. The number of rotatable bonds is 9. The molecule has 0 saturated carbocycles. The normalized spacial score (nSPS) is 15.6. The maximum absolute atomic E-state index is 12.7. The predicted molar refractivity (Wildman–Crippen MR) is 84.3 cm³/mol. The molecular formula is C16H27NO7. The first-order valence-corrected chi connectivity index (χ1v) is 8.31. The van der Waals surface area contributed by atoms with Crippen LogP contribution in [0.3, 0.4) is 0 Å². The maximum Gasteiger partial charge on any atom is 0.327 e. The first-order chi connectivity index (χ1) is 11.5. The van der Waals surface area contributed by atoms with Gasteiger partial charge in [-0.3, -0.25) is 19.3 Å². The van der Waals surface area contributed by atoms with Crippen molar-refractivity contribution >= 4 is 17.9 Å². The van der Waals surface area contributed by atoms with Crippen molar-refractivity contribution in [3.63, 3.8) is 0 Å². The highest BCUT2D eigenvalue weighted by atomic mass is 16.5. The third-order valence-electron chi connectivity index (χ3n) is 3.76. The smallest absolute Gasteiger partial charge is 0.327 e. The molecule has 138 valence electrons. The molecule has 0 radical (unpaired) electrons. The van der Waals surface area contributed by atoms with Gasteiger partial charge in [0, 0.05) is 13.1 Å². The van der Waals surface area contributed by atoms with Crippen LogP contribution in [0.1, 0.15) is 33.6 Å². The van der Waals surface area contributed by atoms with Crippen LogP contribution < -0.4 is 0 Å². The molecule has 0 N–H and O–H groups in total. The lowest BCUT2D eigenvalue weighted by atomic mass is 9.88. The largest absolute Gasteiger partial charge is 0.466 e. The van der Waals surface area contributed by atoms with Crippen molar-refractivity contribution in [1.82, 2.24) is 4.90 Å². The summed E-state index contributed by atoms with van der Waals surface area (Å²) in [5.74, 6) is -1.73. The summed E-state index contributed by atoms with van der Waals surface area (Å²) in [7, 11) is 0. The van der Waals surface area contributed by atoms with Gasteiger partial charge in [-0.1, -0.05) is 0 Å². The van der Waals surface area contributed by atoms with Crippen molar-refractivity contribution in [3.8, 4) is 0 Å². The second-order valence-corrected chi connectivity index (χ2v) is 5.32. The van der Waals surface area contributed by atoms with Gasteiger partial charge in [0.15, 0.2) is 0 Å². The lowest BCUT2D eigenvalue weighted by Crippen LogP contribution is -2.61. The zero-order valence-electron chi connectivity index (χ0n) is 14.7. The second kappa shape index (κ2) is 10.2. The summed E-state index contributed by atoms with van der Waals surface area (Å²) in [4.78, 5) is 38.7. The van der Waals surface area contributed by atoms with Crippen molar-refractivity contribution in [2.75, 3.05) is 46.1 Å². The number of esters is 3. The van der Waals surface area contributed by atoms with Crippen LogP contribution in [0.2, 0.25) is 0 Å². The molecule has 1 heterocycles. The van der Waals surface area contributed by atoms with Gasteiger partial charge in [0.2, 0.25) is 0 Å². The number of carbonyl (C=O) groups is 3. The molecule has 1 fully saturated rings. The molecule has 0 aromatic heterocycles. The van der Waals surface area contributed by atoms with Gasteiger partial charge in [0.1, 0.15) is 5.54 Å². The van der Waals surface area contributed by atoms with Gasteiger partial charge >= 0.3 is 17.9 Å². The molecule has 0 unspecified atom stereocenters. The summed E-state index contributed by atoms with van der Waals surface area (Å²) < 4.78 is 20.5. The van der Waals surface area contributed by atoms with Crippen LogP contribution in [0.4, 0.5) is 0 Å². The Bertz CT molecular complexity index is 412. The van der Waals surface area contributed by atoms with E-state index in [2.05, 4.69) is 0 Å². The number of hydrogen-bond donors (Lipinski definition) is 0. The first kappa shape index (κ1) is 20.4. The number of nitrogens with zero attached hydrogens (tertiary/aromatic N) is 1. The molecular weight excluding hydrogens is 318 g/mol. The summed E-state index contributed by atoms with van der Waals surface area (Å²) in [6.07, 6.45) is -0.531. The monoisotopic (exact) mass is 345 g/mol. The highest BCUT2D eigenvalue weighted by molar-refractivity contribution is 5.91. The number of morpholine rings is 1. The molecule has 1 rings (SSSR count). The molecule has 0 aromatic carbocycles. The summed E-state index contributed by atoms with van der Waals surface area (Å²) in [5.41, 5.74) is -1.43. The number of ether oxygens (including phenoxy) is 4. The van der Waals surface area contributed by atoms with Crippen LogP contribution in [0.25, 0.3) is 0 Å².